The summed E-state index contributed by atoms with van der Waals surface area (Å²) in [7, 11) is 1.71. The maximum absolute atomic E-state index is 14.1. The topological polar surface area (TPSA) is 121 Å². The van der Waals surface area contributed by atoms with Gasteiger partial charge in [0.1, 0.15) is 12.6 Å². The molecule has 0 aliphatic rings. The third kappa shape index (κ3) is 12.5. The first-order valence-corrected chi connectivity index (χ1v) is 17.6. The molecular weight excluding hydrogens is 645 g/mol. The van der Waals surface area contributed by atoms with Crippen molar-refractivity contribution in [2.45, 2.75) is 72.1 Å². The molecule has 0 saturated carbocycles. The highest BCUT2D eigenvalue weighted by molar-refractivity contribution is 7.84. The van der Waals surface area contributed by atoms with Crippen molar-refractivity contribution in [3.63, 3.8) is 0 Å². The van der Waals surface area contributed by atoms with Gasteiger partial charge in [-0.25, -0.2) is 14.6 Å². The van der Waals surface area contributed by atoms with Gasteiger partial charge in [0.05, 0.1) is 17.2 Å². The molecule has 1 aromatic heterocycles. The molecule has 1 atom stereocenters. The number of nitrogens with two attached hydrogens (primary N) is 1. The fraction of sp³-hybridized carbons (Fsp3) is 0.444. The maximum atomic E-state index is 14.1. The molecule has 0 aliphatic carbocycles. The van der Waals surface area contributed by atoms with Crippen LogP contribution >= 0.6 is 24.0 Å². The van der Waals surface area contributed by atoms with E-state index in [4.69, 9.17) is 10.5 Å². The zero-order valence-electron chi connectivity index (χ0n) is 28.7. The minimum absolute atomic E-state index is 0.0106. The zero-order chi connectivity index (χ0) is 35.1. The van der Waals surface area contributed by atoms with Crippen LogP contribution in [0.25, 0.3) is 0 Å². The van der Waals surface area contributed by atoms with Crippen LogP contribution in [-0.4, -0.2) is 70.5 Å². The van der Waals surface area contributed by atoms with Crippen molar-refractivity contribution < 1.29 is 19.1 Å². The van der Waals surface area contributed by atoms with Gasteiger partial charge in [0.15, 0.2) is 0 Å². The molecule has 4 amide bonds. The number of thiol groups is 1. The lowest BCUT2D eigenvalue weighted by Gasteiger charge is -2.31. The number of amides is 4. The first-order valence-electron chi connectivity index (χ1n) is 16.3. The number of unbranched alkanes of at least 4 members (excludes halogenated alkanes) is 1. The number of benzene rings is 2. The van der Waals surface area contributed by atoms with Gasteiger partial charge in [-0.15, -0.1) is 24.0 Å². The summed E-state index contributed by atoms with van der Waals surface area (Å²) in [5, 5.41) is 6.00. The van der Waals surface area contributed by atoms with E-state index >= 15 is 0 Å². The second kappa shape index (κ2) is 19.7. The molecule has 260 valence electrons. The van der Waals surface area contributed by atoms with E-state index in [1.54, 1.807) is 33.1 Å². The van der Waals surface area contributed by atoms with Gasteiger partial charge in [0.25, 0.3) is 0 Å². The Bertz CT molecular complexity index is 1470. The molecule has 12 heteroatoms. The average molecular weight is 695 g/mol. The van der Waals surface area contributed by atoms with E-state index in [0.29, 0.717) is 56.4 Å². The first kappa shape index (κ1) is 38.4. The Balaban J connectivity index is 1.68. The quantitative estimate of drug-likeness (QED) is 0.108. The van der Waals surface area contributed by atoms with Gasteiger partial charge in [-0.3, -0.25) is 4.79 Å². The minimum atomic E-state index is -0.721. The number of carbonyl (C=O) groups is 3. The number of carbonyl (C=O) groups excluding carboxylic acids is 3. The number of nitrogens with zero attached hydrogens (tertiary/aromatic N) is 4. The largest absolute Gasteiger partial charge is 0.444 e. The molecule has 0 radical (unpaired) electrons. The van der Waals surface area contributed by atoms with Crippen molar-refractivity contribution in [1.82, 2.24) is 25.0 Å². The van der Waals surface area contributed by atoms with Crippen LogP contribution in [0.3, 0.4) is 0 Å². The second-order valence-corrected chi connectivity index (χ2v) is 13.9. The zero-order valence-corrected chi connectivity index (χ0v) is 30.4. The number of thiazole rings is 1. The van der Waals surface area contributed by atoms with Crippen LogP contribution in [0, 0.1) is 5.92 Å². The number of hydrogen-bond donors (Lipinski definition) is 3. The van der Waals surface area contributed by atoms with Crippen LogP contribution in [0.2, 0.25) is 0 Å². The van der Waals surface area contributed by atoms with Gasteiger partial charge in [-0.05, 0) is 29.9 Å². The Kier molecular flexibility index (Phi) is 15.8. The van der Waals surface area contributed by atoms with Gasteiger partial charge in [0, 0.05) is 55.6 Å². The van der Waals surface area contributed by atoms with Gasteiger partial charge in [-0.1, -0.05) is 88.4 Å². The predicted molar refractivity (Wildman–Crippen MR) is 195 cm³/mol. The summed E-state index contributed by atoms with van der Waals surface area (Å²) in [6.45, 7) is 10.1. The number of nitrogens with one attached hydrogen (secondary N) is 1. The van der Waals surface area contributed by atoms with Crippen molar-refractivity contribution in [3.8, 4) is 0 Å². The number of urea groups is 1. The van der Waals surface area contributed by atoms with Crippen LogP contribution in [0.15, 0.2) is 77.1 Å². The third-order valence-electron chi connectivity index (χ3n) is 7.67. The molecule has 1 unspecified atom stereocenters. The molecule has 0 spiro atoms. The van der Waals surface area contributed by atoms with Crippen LogP contribution in [0.4, 0.5) is 9.59 Å². The van der Waals surface area contributed by atoms with E-state index in [1.807, 2.05) is 79.9 Å². The van der Waals surface area contributed by atoms with E-state index in [2.05, 4.69) is 36.8 Å². The lowest BCUT2D eigenvalue weighted by molar-refractivity contribution is -0.135. The summed E-state index contributed by atoms with van der Waals surface area (Å²) < 4.78 is 5.44. The van der Waals surface area contributed by atoms with Crippen molar-refractivity contribution in [1.29, 1.82) is 0 Å². The summed E-state index contributed by atoms with van der Waals surface area (Å²) in [5.74, 6) is 0.0272. The number of ether oxygens (including phenoxy) is 1. The van der Waals surface area contributed by atoms with Crippen molar-refractivity contribution >= 4 is 42.0 Å². The summed E-state index contributed by atoms with van der Waals surface area (Å²) in [5.41, 5.74) is 8.28. The minimum Gasteiger partial charge on any atom is -0.444 e. The van der Waals surface area contributed by atoms with Crippen LogP contribution in [0.1, 0.15) is 68.3 Å². The maximum Gasteiger partial charge on any atom is 0.410 e. The van der Waals surface area contributed by atoms with E-state index < -0.39 is 12.1 Å². The van der Waals surface area contributed by atoms with Gasteiger partial charge < -0.3 is 30.5 Å². The summed E-state index contributed by atoms with van der Waals surface area (Å²) >= 11 is 5.79. The Hall–Kier alpha value is -4.03. The van der Waals surface area contributed by atoms with Crippen molar-refractivity contribution in [2.75, 3.05) is 26.7 Å². The highest BCUT2D eigenvalue weighted by atomic mass is 32.1. The molecule has 0 saturated heterocycles. The normalized spacial score (nSPS) is 12.1. The highest BCUT2D eigenvalue weighted by Crippen LogP contribution is 2.20. The van der Waals surface area contributed by atoms with Crippen LogP contribution < -0.4 is 11.1 Å². The van der Waals surface area contributed by atoms with Crippen molar-refractivity contribution in [2.24, 2.45) is 11.7 Å². The summed E-state index contributed by atoms with van der Waals surface area (Å²) in [6, 6.07) is 18.5. The molecule has 1 heterocycles. The number of rotatable bonds is 17. The van der Waals surface area contributed by atoms with Gasteiger partial charge >= 0.3 is 12.1 Å². The Labute approximate surface area is 294 Å². The highest BCUT2D eigenvalue weighted by Gasteiger charge is 2.30. The monoisotopic (exact) mass is 694 g/mol. The molecular formula is C36H50N6O4S2. The van der Waals surface area contributed by atoms with E-state index in [-0.39, 0.29) is 24.5 Å². The third-order valence-corrected chi connectivity index (χ3v) is 9.14. The van der Waals surface area contributed by atoms with Crippen LogP contribution in [0.5, 0.6) is 0 Å². The molecule has 0 fully saturated rings. The molecule has 3 rings (SSSR count). The molecule has 3 N–H and O–H groups in total. The standard InChI is InChI=1S/C36H50N6O4S2/c1-26(2)32(39-35(44)40(5)23-30-25-48-33(38-30)27(3)4)34(43)41(21-28-14-8-6-9-15-28)18-12-13-19-42(22-29-16-10-7-11-17-29)36(45)46-24-31(47)20-37/h6-11,14-17,20,25-27,32,47H,12-13,18-19,21-24,37H2,1-5H3,(H,39,44)/b31-20-. The summed E-state index contributed by atoms with van der Waals surface area (Å²) in [4.78, 5) is 50.5. The van der Waals surface area contributed by atoms with Gasteiger partial charge in [0.2, 0.25) is 5.91 Å². The van der Waals surface area contributed by atoms with E-state index in [9.17, 15) is 14.4 Å². The molecule has 2 aromatic carbocycles. The first-order chi connectivity index (χ1) is 23.0. The molecule has 10 nitrogen and oxygen atoms in total. The Morgan fingerprint density at radius 1 is 0.917 bits per heavy atom. The number of hydrogen-bond acceptors (Lipinski definition) is 8. The summed E-state index contributed by atoms with van der Waals surface area (Å²) in [6.07, 6.45) is 2.10. The van der Waals surface area contributed by atoms with Crippen LogP contribution in [-0.2, 0) is 29.2 Å². The SMILES string of the molecule is CC(C)c1nc(CN(C)C(=O)NC(C(=O)N(CCCCN(Cc2ccccc2)C(=O)OC/C(S)=C/N)Cc2ccccc2)C(C)C)cs1. The molecule has 0 aliphatic heterocycles. The van der Waals surface area contributed by atoms with E-state index in [1.165, 1.54) is 6.20 Å². The number of aromatic nitrogens is 1. The lowest BCUT2D eigenvalue weighted by Crippen LogP contribution is -2.53. The Morgan fingerprint density at radius 2 is 1.48 bits per heavy atom. The van der Waals surface area contributed by atoms with Gasteiger partial charge in [-0.2, -0.15) is 0 Å². The average Bonchev–Trinajstić information content (AvgIpc) is 3.56. The molecule has 3 aromatic rings. The fourth-order valence-electron chi connectivity index (χ4n) is 4.92. The predicted octanol–water partition coefficient (Wildman–Crippen LogP) is 6.61. The second-order valence-electron chi connectivity index (χ2n) is 12.4. The Morgan fingerprint density at radius 3 is 2.00 bits per heavy atom. The molecule has 0 bridgehead atoms. The van der Waals surface area contributed by atoms with Crippen molar-refractivity contribution in [3.05, 3.63) is 99.0 Å². The fourth-order valence-corrected chi connectivity index (χ4v) is 5.81. The van der Waals surface area contributed by atoms with E-state index in [0.717, 1.165) is 21.8 Å². The lowest BCUT2D eigenvalue weighted by atomic mass is 10.0. The smallest absolute Gasteiger partial charge is 0.410 e. The molecule has 48 heavy (non-hydrogen) atoms.